The summed E-state index contributed by atoms with van der Waals surface area (Å²) in [6, 6.07) is 7.16. The number of hydrogen-bond donors (Lipinski definition) is 2. The fraction of sp³-hybridized carbons (Fsp3) is 0.412. The van der Waals surface area contributed by atoms with Gasteiger partial charge in [-0.05, 0) is 49.9 Å². The van der Waals surface area contributed by atoms with Gasteiger partial charge in [-0.25, -0.2) is 0 Å². The van der Waals surface area contributed by atoms with Crippen LogP contribution in [0.3, 0.4) is 0 Å². The highest BCUT2D eigenvalue weighted by Crippen LogP contribution is 2.39. The minimum atomic E-state index is -0.346. The van der Waals surface area contributed by atoms with Gasteiger partial charge in [0, 0.05) is 18.1 Å². The Kier molecular flexibility index (Phi) is 7.75. The van der Waals surface area contributed by atoms with Gasteiger partial charge in [-0.2, -0.15) is 0 Å². The molecular weight excluding hydrogens is 385 g/mol. The second-order valence-corrected chi connectivity index (χ2v) is 6.59. The number of amides is 1. The number of pyridine rings is 1. The number of carbonyl (C=O) groups excluding carboxylic acids is 1. The molecule has 1 aromatic carbocycles. The SMILES string of the molecule is CC(CN)(NC(=O)COc1ccc(Cl)c2cccnc12)C1CC1.Cl.Cl. The average Bonchev–Trinajstić information content (AvgIpc) is 3.40. The summed E-state index contributed by atoms with van der Waals surface area (Å²) in [5, 5.41) is 4.41. The molecule has 1 aliphatic rings. The summed E-state index contributed by atoms with van der Waals surface area (Å²) >= 11 is 6.15. The summed E-state index contributed by atoms with van der Waals surface area (Å²) in [4.78, 5) is 16.5. The van der Waals surface area contributed by atoms with E-state index in [1.807, 2.05) is 19.1 Å². The van der Waals surface area contributed by atoms with Gasteiger partial charge in [0.25, 0.3) is 5.91 Å². The Labute approximate surface area is 164 Å². The van der Waals surface area contributed by atoms with Crippen molar-refractivity contribution in [3.05, 3.63) is 35.5 Å². The standard InChI is InChI=1S/C17H20ClN3O2.2ClH/c1-17(10-19,11-4-5-11)21-15(22)9-23-14-7-6-13(18)12-3-2-8-20-16(12)14;;/h2-3,6-8,11H,4-5,9-10,19H2,1H3,(H,21,22);2*1H. The van der Waals surface area contributed by atoms with Crippen molar-refractivity contribution < 1.29 is 9.53 Å². The monoisotopic (exact) mass is 405 g/mol. The number of aromatic nitrogens is 1. The number of benzene rings is 1. The minimum Gasteiger partial charge on any atom is -0.481 e. The van der Waals surface area contributed by atoms with Gasteiger partial charge in [0.1, 0.15) is 11.3 Å². The molecule has 3 rings (SSSR count). The number of fused-ring (bicyclic) bond motifs is 1. The number of rotatable bonds is 6. The summed E-state index contributed by atoms with van der Waals surface area (Å²) in [6.07, 6.45) is 3.89. The van der Waals surface area contributed by atoms with Gasteiger partial charge in [0.15, 0.2) is 6.61 Å². The van der Waals surface area contributed by atoms with E-state index in [1.165, 1.54) is 0 Å². The molecule has 1 amide bonds. The van der Waals surface area contributed by atoms with Crippen molar-refractivity contribution in [3.8, 4) is 5.75 Å². The van der Waals surface area contributed by atoms with Crippen LogP contribution in [0.5, 0.6) is 5.75 Å². The molecule has 0 spiro atoms. The lowest BCUT2D eigenvalue weighted by Crippen LogP contribution is -2.54. The zero-order valence-electron chi connectivity index (χ0n) is 13.8. The van der Waals surface area contributed by atoms with Crippen molar-refractivity contribution in [2.45, 2.75) is 25.3 Å². The van der Waals surface area contributed by atoms with Gasteiger partial charge >= 0.3 is 0 Å². The number of nitrogens with one attached hydrogen (secondary N) is 1. The van der Waals surface area contributed by atoms with Crippen LogP contribution < -0.4 is 15.8 Å². The normalized spacial score (nSPS) is 15.5. The molecule has 1 heterocycles. The van der Waals surface area contributed by atoms with Gasteiger partial charge in [-0.1, -0.05) is 11.6 Å². The van der Waals surface area contributed by atoms with E-state index in [2.05, 4.69) is 10.3 Å². The Balaban J connectivity index is 0.00000156. The average molecular weight is 407 g/mol. The van der Waals surface area contributed by atoms with E-state index in [0.29, 0.717) is 28.8 Å². The fourth-order valence-electron chi connectivity index (χ4n) is 2.77. The lowest BCUT2D eigenvalue weighted by Gasteiger charge is -2.29. The molecule has 25 heavy (non-hydrogen) atoms. The van der Waals surface area contributed by atoms with E-state index in [4.69, 9.17) is 22.1 Å². The van der Waals surface area contributed by atoms with E-state index in [-0.39, 0.29) is 42.9 Å². The van der Waals surface area contributed by atoms with Crippen LogP contribution in [0.2, 0.25) is 5.02 Å². The molecule has 1 fully saturated rings. The Morgan fingerprint density at radius 1 is 1.40 bits per heavy atom. The smallest absolute Gasteiger partial charge is 0.258 e. The zero-order valence-corrected chi connectivity index (χ0v) is 16.2. The third kappa shape index (κ3) is 4.88. The van der Waals surface area contributed by atoms with Crippen LogP contribution in [0.25, 0.3) is 10.9 Å². The maximum Gasteiger partial charge on any atom is 0.258 e. The van der Waals surface area contributed by atoms with Crippen LogP contribution in [0.4, 0.5) is 0 Å². The van der Waals surface area contributed by atoms with Crippen molar-refractivity contribution in [2.75, 3.05) is 13.2 Å². The quantitative estimate of drug-likeness (QED) is 0.771. The molecule has 5 nitrogen and oxygen atoms in total. The number of carbonyl (C=O) groups is 1. The van der Waals surface area contributed by atoms with E-state index in [9.17, 15) is 4.79 Å². The van der Waals surface area contributed by atoms with Crippen molar-refractivity contribution >= 4 is 53.2 Å². The molecule has 1 unspecified atom stereocenters. The largest absolute Gasteiger partial charge is 0.481 e. The van der Waals surface area contributed by atoms with Crippen LogP contribution in [-0.2, 0) is 4.79 Å². The molecule has 0 aliphatic heterocycles. The topological polar surface area (TPSA) is 77.2 Å². The zero-order chi connectivity index (χ0) is 16.4. The van der Waals surface area contributed by atoms with Crippen LogP contribution in [-0.4, -0.2) is 29.6 Å². The predicted molar refractivity (Wildman–Crippen MR) is 105 cm³/mol. The van der Waals surface area contributed by atoms with Crippen LogP contribution >= 0.6 is 36.4 Å². The second kappa shape index (κ2) is 8.90. The first kappa shape index (κ1) is 21.8. The van der Waals surface area contributed by atoms with Crippen molar-refractivity contribution in [3.63, 3.8) is 0 Å². The van der Waals surface area contributed by atoms with E-state index in [1.54, 1.807) is 18.3 Å². The highest BCUT2D eigenvalue weighted by Gasteiger charge is 2.41. The molecule has 8 heteroatoms. The molecule has 138 valence electrons. The third-order valence-corrected chi connectivity index (χ3v) is 4.70. The molecule has 3 N–H and O–H groups in total. The van der Waals surface area contributed by atoms with Crippen molar-refractivity contribution in [1.29, 1.82) is 0 Å². The van der Waals surface area contributed by atoms with Gasteiger partial charge in [-0.3, -0.25) is 9.78 Å². The molecule has 2 aromatic rings. The molecule has 1 aromatic heterocycles. The number of nitrogens with zero attached hydrogens (tertiary/aromatic N) is 1. The molecule has 1 atom stereocenters. The van der Waals surface area contributed by atoms with Gasteiger partial charge < -0.3 is 15.8 Å². The lowest BCUT2D eigenvalue weighted by atomic mass is 9.96. The lowest BCUT2D eigenvalue weighted by molar-refractivity contribution is -0.125. The minimum absolute atomic E-state index is 0. The number of nitrogens with two attached hydrogens (primary N) is 1. The van der Waals surface area contributed by atoms with Gasteiger partial charge in [0.05, 0.1) is 10.6 Å². The Hall–Kier alpha value is -1.27. The number of halogens is 3. The summed E-state index contributed by atoms with van der Waals surface area (Å²) in [5.74, 6) is 0.833. The van der Waals surface area contributed by atoms with E-state index in [0.717, 1.165) is 18.2 Å². The van der Waals surface area contributed by atoms with Crippen molar-refractivity contribution in [1.82, 2.24) is 10.3 Å². The number of ether oxygens (including phenoxy) is 1. The first-order valence-corrected chi connectivity index (χ1v) is 8.08. The van der Waals surface area contributed by atoms with E-state index >= 15 is 0 Å². The van der Waals surface area contributed by atoms with Gasteiger partial charge in [-0.15, -0.1) is 24.8 Å². The molecule has 0 bridgehead atoms. The third-order valence-electron chi connectivity index (χ3n) is 4.37. The molecular formula is C17H22Cl3N3O2. The Morgan fingerprint density at radius 2 is 2.12 bits per heavy atom. The first-order chi connectivity index (χ1) is 11.0. The fourth-order valence-corrected chi connectivity index (χ4v) is 2.98. The van der Waals surface area contributed by atoms with Crippen LogP contribution in [0, 0.1) is 5.92 Å². The maximum atomic E-state index is 12.2. The molecule has 0 saturated heterocycles. The van der Waals surface area contributed by atoms with E-state index < -0.39 is 0 Å². The van der Waals surface area contributed by atoms with Crippen LogP contribution in [0.1, 0.15) is 19.8 Å². The molecule has 1 aliphatic carbocycles. The molecule has 0 radical (unpaired) electrons. The van der Waals surface area contributed by atoms with Gasteiger partial charge in [0.2, 0.25) is 0 Å². The highest BCUT2D eigenvalue weighted by atomic mass is 35.5. The van der Waals surface area contributed by atoms with Crippen LogP contribution in [0.15, 0.2) is 30.5 Å². The molecule has 1 saturated carbocycles. The summed E-state index contributed by atoms with van der Waals surface area (Å²) in [7, 11) is 0. The highest BCUT2D eigenvalue weighted by molar-refractivity contribution is 6.35. The predicted octanol–water partition coefficient (Wildman–Crippen LogP) is 3.35. The number of hydrogen-bond acceptors (Lipinski definition) is 4. The first-order valence-electron chi connectivity index (χ1n) is 7.70. The van der Waals surface area contributed by atoms with Crippen molar-refractivity contribution in [2.24, 2.45) is 11.7 Å². The maximum absolute atomic E-state index is 12.2. The summed E-state index contributed by atoms with van der Waals surface area (Å²) in [5.41, 5.74) is 6.12. The second-order valence-electron chi connectivity index (χ2n) is 6.18. The Morgan fingerprint density at radius 3 is 2.76 bits per heavy atom. The summed E-state index contributed by atoms with van der Waals surface area (Å²) in [6.45, 7) is 2.34. The summed E-state index contributed by atoms with van der Waals surface area (Å²) < 4.78 is 5.65. The Bertz CT molecular complexity index is 740.